The summed E-state index contributed by atoms with van der Waals surface area (Å²) in [5, 5.41) is 18.2. The average Bonchev–Trinajstić information content (AvgIpc) is 3.42. The zero-order valence-corrected chi connectivity index (χ0v) is 16.8. The number of aliphatic hydroxyl groups excluding tert-OH is 2. The lowest BCUT2D eigenvalue weighted by Gasteiger charge is -2.15. The van der Waals surface area contributed by atoms with Gasteiger partial charge in [0.25, 0.3) is 0 Å². The smallest absolute Gasteiger partial charge is 0.163 e. The van der Waals surface area contributed by atoms with Crippen LogP contribution in [-0.2, 0) is 21.2 Å². The standard InChI is InChI=1S/C22H24O6S/c23-11-17-14-29(25,26)21-13-27-20(22(17)21)9-6-16(15-4-2-1-3-5-15)10-18-7-8-19(12-24)28-18/h1-5,7-8,10,20-21,23-24H,6,9,11-14H2/b16-10-/t20-,21+/m1/s1. The molecule has 0 unspecified atom stereocenters. The minimum Gasteiger partial charge on any atom is -0.459 e. The van der Waals surface area contributed by atoms with E-state index in [9.17, 15) is 18.6 Å². The number of hydrogen-bond acceptors (Lipinski definition) is 6. The fourth-order valence-electron chi connectivity index (χ4n) is 4.11. The molecule has 1 aromatic carbocycles. The largest absolute Gasteiger partial charge is 0.459 e. The van der Waals surface area contributed by atoms with Crippen molar-refractivity contribution >= 4 is 21.5 Å². The molecule has 0 radical (unpaired) electrons. The number of allylic oxidation sites excluding steroid dienone is 1. The Kier molecular flexibility index (Phi) is 5.74. The van der Waals surface area contributed by atoms with E-state index in [1.165, 1.54) is 0 Å². The fourth-order valence-corrected chi connectivity index (χ4v) is 6.05. The van der Waals surface area contributed by atoms with Crippen LogP contribution in [0.2, 0.25) is 0 Å². The van der Waals surface area contributed by atoms with Crippen LogP contribution in [0.1, 0.15) is 29.9 Å². The van der Waals surface area contributed by atoms with Crippen LogP contribution in [0, 0.1) is 0 Å². The van der Waals surface area contributed by atoms with E-state index < -0.39 is 15.1 Å². The Morgan fingerprint density at radius 3 is 2.59 bits per heavy atom. The van der Waals surface area contributed by atoms with Crippen LogP contribution in [0.5, 0.6) is 0 Å². The van der Waals surface area contributed by atoms with Gasteiger partial charge >= 0.3 is 0 Å². The van der Waals surface area contributed by atoms with Crippen LogP contribution in [0.4, 0.5) is 0 Å². The lowest BCUT2D eigenvalue weighted by molar-refractivity contribution is 0.118. The summed E-state index contributed by atoms with van der Waals surface area (Å²) >= 11 is 0. The highest BCUT2D eigenvalue weighted by Crippen LogP contribution is 2.39. The Balaban J connectivity index is 1.58. The first-order valence-corrected chi connectivity index (χ1v) is 11.3. The molecule has 1 fully saturated rings. The fraction of sp³-hybridized carbons (Fsp3) is 0.364. The number of fused-ring (bicyclic) bond motifs is 1. The van der Waals surface area contributed by atoms with Gasteiger partial charge in [0.05, 0.1) is 25.1 Å². The lowest BCUT2D eigenvalue weighted by Crippen LogP contribution is -2.19. The zero-order valence-electron chi connectivity index (χ0n) is 16.0. The van der Waals surface area contributed by atoms with Gasteiger partial charge in [0.2, 0.25) is 0 Å². The summed E-state index contributed by atoms with van der Waals surface area (Å²) in [5.41, 5.74) is 3.41. The number of benzene rings is 1. The van der Waals surface area contributed by atoms with Crippen LogP contribution >= 0.6 is 0 Å². The second kappa shape index (κ2) is 8.28. The topological polar surface area (TPSA) is 97.0 Å². The van der Waals surface area contributed by atoms with E-state index in [4.69, 9.17) is 9.15 Å². The predicted octanol–water partition coefficient (Wildman–Crippen LogP) is 2.58. The molecule has 0 saturated carbocycles. The quantitative estimate of drug-likeness (QED) is 0.674. The van der Waals surface area contributed by atoms with Gasteiger partial charge in [-0.05, 0) is 53.3 Å². The van der Waals surface area contributed by atoms with E-state index in [1.54, 1.807) is 6.07 Å². The van der Waals surface area contributed by atoms with Gasteiger partial charge in [-0.25, -0.2) is 8.42 Å². The molecule has 2 atom stereocenters. The summed E-state index contributed by atoms with van der Waals surface area (Å²) in [6.45, 7) is -0.241. The van der Waals surface area contributed by atoms with E-state index in [1.807, 2.05) is 42.5 Å². The summed E-state index contributed by atoms with van der Waals surface area (Å²) in [6.07, 6.45) is 2.89. The molecular weight excluding hydrogens is 392 g/mol. The SMILES string of the molecule is O=S1(=O)CC(CO)=C2[C@@H](CC/C(=C/c3ccc(CO)o3)c3ccccc3)OC[C@@H]21. The molecule has 29 heavy (non-hydrogen) atoms. The lowest BCUT2D eigenvalue weighted by atomic mass is 9.94. The molecule has 2 aromatic rings. The van der Waals surface area contributed by atoms with Gasteiger partial charge in [-0.1, -0.05) is 30.3 Å². The van der Waals surface area contributed by atoms with Crippen LogP contribution < -0.4 is 0 Å². The molecule has 4 rings (SSSR count). The monoisotopic (exact) mass is 416 g/mol. The van der Waals surface area contributed by atoms with Gasteiger partial charge in [-0.2, -0.15) is 0 Å². The van der Waals surface area contributed by atoms with Crippen LogP contribution in [-0.4, -0.2) is 49.0 Å². The summed E-state index contributed by atoms with van der Waals surface area (Å²) in [7, 11) is -3.27. The molecule has 0 bridgehead atoms. The molecular formula is C22H24O6S. The van der Waals surface area contributed by atoms with Crippen LogP contribution in [0.3, 0.4) is 0 Å². The molecule has 2 aliphatic heterocycles. The Bertz CT molecular complexity index is 1030. The van der Waals surface area contributed by atoms with Crippen molar-refractivity contribution in [1.29, 1.82) is 0 Å². The molecule has 6 nitrogen and oxygen atoms in total. The summed E-state index contributed by atoms with van der Waals surface area (Å²) in [5.74, 6) is 1.08. The third kappa shape index (κ3) is 4.09. The number of sulfone groups is 1. The molecule has 3 heterocycles. The molecule has 0 amide bonds. The Labute approximate surface area is 170 Å². The van der Waals surface area contributed by atoms with Crippen molar-refractivity contribution in [2.45, 2.75) is 30.8 Å². The molecule has 0 aliphatic carbocycles. The average molecular weight is 416 g/mol. The van der Waals surface area contributed by atoms with Crippen molar-refractivity contribution in [2.75, 3.05) is 19.0 Å². The van der Waals surface area contributed by atoms with E-state index in [0.717, 1.165) is 16.7 Å². The Hall–Kier alpha value is -2.19. The third-order valence-electron chi connectivity index (χ3n) is 5.53. The molecule has 2 aliphatic rings. The Morgan fingerprint density at radius 2 is 1.90 bits per heavy atom. The third-order valence-corrected chi connectivity index (χ3v) is 7.53. The highest BCUT2D eigenvalue weighted by atomic mass is 32.2. The minimum atomic E-state index is -3.27. The van der Waals surface area contributed by atoms with Crippen molar-refractivity contribution in [1.82, 2.24) is 0 Å². The first-order valence-electron chi connectivity index (χ1n) is 9.63. The zero-order chi connectivity index (χ0) is 20.4. The van der Waals surface area contributed by atoms with E-state index in [0.29, 0.717) is 29.9 Å². The maximum absolute atomic E-state index is 12.3. The number of furan rings is 1. The van der Waals surface area contributed by atoms with E-state index >= 15 is 0 Å². The van der Waals surface area contributed by atoms with Crippen molar-refractivity contribution in [2.24, 2.45) is 0 Å². The van der Waals surface area contributed by atoms with E-state index in [2.05, 4.69) is 0 Å². The van der Waals surface area contributed by atoms with Gasteiger partial charge in [0.15, 0.2) is 9.84 Å². The van der Waals surface area contributed by atoms with E-state index in [-0.39, 0.29) is 31.7 Å². The highest BCUT2D eigenvalue weighted by molar-refractivity contribution is 7.92. The van der Waals surface area contributed by atoms with Gasteiger partial charge in [-0.15, -0.1) is 0 Å². The van der Waals surface area contributed by atoms with Gasteiger partial charge in [-0.3, -0.25) is 0 Å². The van der Waals surface area contributed by atoms with Crippen molar-refractivity contribution in [3.05, 3.63) is 70.7 Å². The van der Waals surface area contributed by atoms with Crippen LogP contribution in [0.15, 0.2) is 58.0 Å². The summed E-state index contributed by atoms with van der Waals surface area (Å²) in [4.78, 5) is 0. The molecule has 7 heteroatoms. The first-order chi connectivity index (χ1) is 14.0. The molecule has 154 valence electrons. The van der Waals surface area contributed by atoms with Crippen molar-refractivity contribution in [3.63, 3.8) is 0 Å². The normalized spacial score (nSPS) is 23.6. The minimum absolute atomic E-state index is 0.0684. The summed E-state index contributed by atoms with van der Waals surface area (Å²) in [6, 6.07) is 13.4. The molecule has 0 spiro atoms. The first kappa shape index (κ1) is 20.1. The number of ether oxygens (including phenoxy) is 1. The molecule has 1 aromatic heterocycles. The second-order valence-electron chi connectivity index (χ2n) is 7.37. The van der Waals surface area contributed by atoms with Gasteiger partial charge in [0, 0.05) is 0 Å². The number of rotatable bonds is 7. The predicted molar refractivity (Wildman–Crippen MR) is 110 cm³/mol. The number of hydrogen-bond donors (Lipinski definition) is 2. The van der Waals surface area contributed by atoms with Gasteiger partial charge in [0.1, 0.15) is 23.4 Å². The maximum atomic E-state index is 12.3. The Morgan fingerprint density at radius 1 is 1.10 bits per heavy atom. The highest BCUT2D eigenvalue weighted by Gasteiger charge is 2.46. The molecule has 2 N–H and O–H groups in total. The van der Waals surface area contributed by atoms with Gasteiger partial charge < -0.3 is 19.4 Å². The summed E-state index contributed by atoms with van der Waals surface area (Å²) < 4.78 is 36.0. The van der Waals surface area contributed by atoms with Crippen molar-refractivity contribution in [3.8, 4) is 0 Å². The second-order valence-corrected chi connectivity index (χ2v) is 9.55. The number of aliphatic hydroxyl groups is 2. The van der Waals surface area contributed by atoms with Crippen molar-refractivity contribution < 1.29 is 27.8 Å². The van der Waals surface area contributed by atoms with Crippen LogP contribution in [0.25, 0.3) is 11.6 Å². The molecule has 1 saturated heterocycles. The maximum Gasteiger partial charge on any atom is 0.163 e.